The highest BCUT2D eigenvalue weighted by Crippen LogP contribution is 2.51. The van der Waals surface area contributed by atoms with E-state index in [-0.39, 0.29) is 62.0 Å². The lowest BCUT2D eigenvalue weighted by Gasteiger charge is -2.31. The number of nitrogens with zero attached hydrogens (tertiary/aromatic N) is 3. The molecule has 3 heterocycles. The molecule has 2 atom stereocenters. The number of aromatic nitrogens is 1. The first-order chi connectivity index (χ1) is 36.4. The summed E-state index contributed by atoms with van der Waals surface area (Å²) in [5.41, 5.74) is 2.28. The minimum absolute atomic E-state index is 0.0334. The van der Waals surface area contributed by atoms with Gasteiger partial charge in [0.15, 0.2) is 12.3 Å². The SMILES string of the molecule is COCCOCCOCCOCCOCCOCC[N+]1=C(C=C(C)C=C2N(CCCCCC(=O)On3c(O)ccc3O)c3ccc(S(=O)(=O)O)cc3C2(C)CCOC)C(C)(CCCS(=O)(=O)O)c2cc(S(=O)(=O)O)ccc21. The van der Waals surface area contributed by atoms with Gasteiger partial charge in [0.2, 0.25) is 17.4 Å². The van der Waals surface area contributed by atoms with Crippen LogP contribution < -0.4 is 9.74 Å². The molecule has 3 aromatic rings. The van der Waals surface area contributed by atoms with E-state index in [1.807, 2.05) is 42.4 Å². The molecule has 0 bridgehead atoms. The van der Waals surface area contributed by atoms with E-state index >= 15 is 0 Å². The molecule has 0 aliphatic carbocycles. The Morgan fingerprint density at radius 3 is 1.71 bits per heavy atom. The Morgan fingerprint density at radius 2 is 1.17 bits per heavy atom. The molecule has 5 rings (SSSR count). The molecule has 77 heavy (non-hydrogen) atoms. The molecule has 0 spiro atoms. The first-order valence-corrected chi connectivity index (χ1v) is 29.6. The van der Waals surface area contributed by atoms with Crippen molar-refractivity contribution in [3.05, 3.63) is 83.1 Å². The molecule has 0 fully saturated rings. The number of benzene rings is 2. The summed E-state index contributed by atoms with van der Waals surface area (Å²) in [5, 5.41) is 19.8. The molecule has 2 unspecified atom stereocenters. The molecule has 23 nitrogen and oxygen atoms in total. The fourth-order valence-electron chi connectivity index (χ4n) is 9.34. The van der Waals surface area contributed by atoms with Gasteiger partial charge in [-0.2, -0.15) is 29.8 Å². The molecule has 2 aliphatic heterocycles. The van der Waals surface area contributed by atoms with Gasteiger partial charge in [0.05, 0.1) is 87.0 Å². The summed E-state index contributed by atoms with van der Waals surface area (Å²) in [5.74, 6) is -2.16. The fraction of sp³-hybridized carbons (Fsp3) is 0.569. The molecule has 0 saturated carbocycles. The Bertz CT molecular complexity index is 2880. The Hall–Kier alpha value is -4.81. The van der Waals surface area contributed by atoms with Gasteiger partial charge in [-0.15, -0.1) is 4.73 Å². The van der Waals surface area contributed by atoms with Crippen LogP contribution in [0.3, 0.4) is 0 Å². The number of anilines is 1. The van der Waals surface area contributed by atoms with Crippen molar-refractivity contribution < 1.29 is 96.5 Å². The summed E-state index contributed by atoms with van der Waals surface area (Å²) in [6.45, 7) is 10.5. The maximum atomic E-state index is 12.6. The zero-order valence-electron chi connectivity index (χ0n) is 44.3. The number of fused-ring (bicyclic) bond motifs is 2. The summed E-state index contributed by atoms with van der Waals surface area (Å²) in [6.07, 6.45) is 5.66. The lowest BCUT2D eigenvalue weighted by atomic mass is 9.75. The summed E-state index contributed by atoms with van der Waals surface area (Å²) >= 11 is 0. The van der Waals surface area contributed by atoms with Crippen LogP contribution in [0, 0.1) is 0 Å². The van der Waals surface area contributed by atoms with Gasteiger partial charge < -0.3 is 53.1 Å². The van der Waals surface area contributed by atoms with Crippen LogP contribution in [0.25, 0.3) is 0 Å². The molecule has 430 valence electrons. The Labute approximate surface area is 451 Å². The predicted octanol–water partition coefficient (Wildman–Crippen LogP) is 5.01. The minimum Gasteiger partial charge on any atom is -0.492 e. The molecule has 0 saturated heterocycles. The number of hydrogen-bond donors (Lipinski definition) is 5. The number of allylic oxidation sites excluding steroid dienone is 4. The van der Waals surface area contributed by atoms with E-state index in [0.29, 0.717) is 124 Å². The molecule has 5 N–H and O–H groups in total. The van der Waals surface area contributed by atoms with E-state index in [1.165, 1.54) is 36.4 Å². The van der Waals surface area contributed by atoms with Gasteiger partial charge in [0.25, 0.3) is 30.4 Å². The van der Waals surface area contributed by atoms with Crippen LogP contribution in [0.1, 0.15) is 76.8 Å². The van der Waals surface area contributed by atoms with Gasteiger partial charge >= 0.3 is 5.97 Å². The van der Waals surface area contributed by atoms with Gasteiger partial charge in [-0.1, -0.05) is 6.42 Å². The van der Waals surface area contributed by atoms with Crippen molar-refractivity contribution in [2.75, 3.05) is 117 Å². The van der Waals surface area contributed by atoms with Gasteiger partial charge in [-0.3, -0.25) is 13.7 Å². The Balaban J connectivity index is 1.44. The largest absolute Gasteiger partial charge is 0.492 e. The summed E-state index contributed by atoms with van der Waals surface area (Å²) in [4.78, 5) is 19.1. The number of aromatic hydroxyl groups is 2. The third-order valence-electron chi connectivity index (χ3n) is 13.3. The maximum Gasteiger partial charge on any atom is 0.333 e. The van der Waals surface area contributed by atoms with Crippen LogP contribution in [-0.2, 0) is 79.1 Å². The topological polar surface area (TPSA) is 306 Å². The number of carbonyl (C=O) groups excluding carboxylic acids is 1. The lowest BCUT2D eigenvalue weighted by Crippen LogP contribution is -2.33. The van der Waals surface area contributed by atoms with Gasteiger partial charge in [0.1, 0.15) is 6.61 Å². The maximum absolute atomic E-state index is 12.6. The first kappa shape index (κ1) is 63.0. The third kappa shape index (κ3) is 17.8. The molecular weight excluding hydrogens is 1070 g/mol. The van der Waals surface area contributed by atoms with Crippen molar-refractivity contribution in [2.45, 2.75) is 86.3 Å². The average molecular weight is 1150 g/mol. The van der Waals surface area contributed by atoms with Crippen molar-refractivity contribution in [3.8, 4) is 11.8 Å². The van der Waals surface area contributed by atoms with Crippen LogP contribution in [0.5, 0.6) is 11.8 Å². The zero-order chi connectivity index (χ0) is 56.4. The van der Waals surface area contributed by atoms with E-state index in [2.05, 4.69) is 0 Å². The highest BCUT2D eigenvalue weighted by molar-refractivity contribution is 7.86. The van der Waals surface area contributed by atoms with Crippen molar-refractivity contribution in [1.29, 1.82) is 0 Å². The predicted molar refractivity (Wildman–Crippen MR) is 282 cm³/mol. The van der Waals surface area contributed by atoms with E-state index < -0.39 is 64.7 Å². The quantitative estimate of drug-likeness (QED) is 0.0290. The lowest BCUT2D eigenvalue weighted by molar-refractivity contribution is -0.442. The summed E-state index contributed by atoms with van der Waals surface area (Å²) < 4.78 is 146. The van der Waals surface area contributed by atoms with E-state index in [4.69, 9.17) is 38.0 Å². The van der Waals surface area contributed by atoms with Gasteiger partial charge in [-0.25, -0.2) is 4.79 Å². The monoisotopic (exact) mass is 1140 g/mol. The number of unbranched alkanes of at least 4 members (excludes halogenated alkanes) is 2. The molecular formula is C51H74N3O20S3+. The number of methoxy groups -OCH3 is 2. The fourth-order valence-corrected chi connectivity index (χ4v) is 10.9. The van der Waals surface area contributed by atoms with E-state index in [9.17, 15) is 53.9 Å². The average Bonchev–Trinajstić information content (AvgIpc) is 4.03. The van der Waals surface area contributed by atoms with Crippen molar-refractivity contribution in [1.82, 2.24) is 4.73 Å². The van der Waals surface area contributed by atoms with Crippen LogP contribution >= 0.6 is 0 Å². The summed E-state index contributed by atoms with van der Waals surface area (Å²) in [7, 11) is -10.6. The standard InChI is InChI=1S/C51H73N3O20S3/c1-38(35-46-51(3,18-21-67-4)42-37-40(77(64,65)66)11-13-43(42)52(46)19-8-6-7-10-49(57)74-54-47(55)15-16-48(54)56)34-45-50(2,17-9-33-75(58,59)60)41-36-39(76(61,62)63)12-14-44(41)53(45)20-22-69-25-26-71-29-30-73-32-31-72-28-27-70-24-23-68-5/h11-16,34-37H,6-10,17-33H2,1-5H3,(H4-,55,56,58,59,60,61,62,63,64,65,66)/p+1. The highest BCUT2D eigenvalue weighted by atomic mass is 32.2. The zero-order valence-corrected chi connectivity index (χ0v) is 46.7. The second-order valence-electron chi connectivity index (χ2n) is 18.9. The van der Waals surface area contributed by atoms with Crippen molar-refractivity contribution in [3.63, 3.8) is 0 Å². The number of hydrogen-bond acceptors (Lipinski definition) is 18. The van der Waals surface area contributed by atoms with E-state index in [1.54, 1.807) is 26.4 Å². The van der Waals surface area contributed by atoms with E-state index in [0.717, 1.165) is 5.70 Å². The van der Waals surface area contributed by atoms with Crippen LogP contribution in [0.4, 0.5) is 11.4 Å². The number of rotatable bonds is 36. The molecule has 26 heteroatoms. The van der Waals surface area contributed by atoms with Crippen molar-refractivity contribution >= 4 is 53.4 Å². The Kier molecular flexibility index (Phi) is 23.6. The minimum atomic E-state index is -4.69. The number of carbonyl (C=O) groups is 1. The van der Waals surface area contributed by atoms with Gasteiger partial charge in [0, 0.05) is 80.4 Å². The molecule has 2 aliphatic rings. The second kappa shape index (κ2) is 28.9. The normalized spacial score (nSPS) is 18.4. The second-order valence-corrected chi connectivity index (χ2v) is 23.3. The van der Waals surface area contributed by atoms with Crippen LogP contribution in [-0.4, -0.2) is 182 Å². The van der Waals surface area contributed by atoms with Crippen LogP contribution in [0.15, 0.2) is 81.7 Å². The molecule has 2 aromatic carbocycles. The first-order valence-electron chi connectivity index (χ1n) is 25.1. The molecule has 0 radical (unpaired) electrons. The van der Waals surface area contributed by atoms with Crippen LogP contribution in [0.2, 0.25) is 0 Å². The Morgan fingerprint density at radius 1 is 0.636 bits per heavy atom. The third-order valence-corrected chi connectivity index (χ3v) is 15.8. The molecule has 1 aromatic heterocycles. The van der Waals surface area contributed by atoms with Crippen molar-refractivity contribution in [2.24, 2.45) is 0 Å². The van der Waals surface area contributed by atoms with Gasteiger partial charge in [-0.05, 0) is 100 Å². The number of ether oxygens (including phenoxy) is 7. The smallest absolute Gasteiger partial charge is 0.333 e. The highest BCUT2D eigenvalue weighted by Gasteiger charge is 2.49. The summed E-state index contributed by atoms with van der Waals surface area (Å²) in [6, 6.07) is 10.9. The molecule has 0 amide bonds.